The molecule has 2 heterocycles. The topological polar surface area (TPSA) is 188 Å². The van der Waals surface area contributed by atoms with Crippen molar-refractivity contribution in [3.63, 3.8) is 0 Å². The third-order valence-electron chi connectivity index (χ3n) is 12.7. The van der Waals surface area contributed by atoms with E-state index in [1.54, 1.807) is 4.90 Å². The molecular formula is C39H62N6O7. The Labute approximate surface area is 308 Å². The van der Waals surface area contributed by atoms with Gasteiger partial charge in [0.05, 0.1) is 12.1 Å². The molecule has 13 heteroatoms. The summed E-state index contributed by atoms with van der Waals surface area (Å²) in [5, 5.41) is 8.88. The molecule has 5 fully saturated rings. The molecule has 13 nitrogen and oxygen atoms in total. The molecule has 2 saturated heterocycles. The molecule has 0 aromatic heterocycles. The van der Waals surface area contributed by atoms with Gasteiger partial charge in [-0.1, -0.05) is 80.6 Å². The smallest absolute Gasteiger partial charge is 0.315 e. The number of fused-ring (bicyclic) bond motifs is 1. The average molecular weight is 727 g/mol. The number of carbonyl (C=O) groups excluding carboxylic acids is 7. The van der Waals surface area contributed by atoms with Crippen molar-refractivity contribution in [3.8, 4) is 0 Å². The summed E-state index contributed by atoms with van der Waals surface area (Å²) in [5.41, 5.74) is 4.30. The van der Waals surface area contributed by atoms with Crippen molar-refractivity contribution >= 4 is 41.4 Å². The number of amides is 7. The molecule has 3 saturated carbocycles. The van der Waals surface area contributed by atoms with Gasteiger partial charge in [-0.25, -0.2) is 4.79 Å². The number of nitrogens with one attached hydrogen (secondary N) is 3. The van der Waals surface area contributed by atoms with Gasteiger partial charge in [-0.15, -0.1) is 0 Å². The number of hydrogen-bond acceptors (Lipinski definition) is 7. The largest absolute Gasteiger partial charge is 0.363 e. The molecule has 5 rings (SSSR count). The minimum Gasteiger partial charge on any atom is -0.363 e. The van der Waals surface area contributed by atoms with Crippen LogP contribution in [0.3, 0.4) is 0 Å². The van der Waals surface area contributed by atoms with E-state index in [0.717, 1.165) is 57.8 Å². The Morgan fingerprint density at radius 3 is 2.04 bits per heavy atom. The lowest BCUT2D eigenvalue weighted by molar-refractivity contribution is -0.153. The molecular weight excluding hydrogens is 664 g/mol. The average Bonchev–Trinajstić information content (AvgIpc) is 3.69. The first kappa shape index (κ1) is 39.7. The monoisotopic (exact) mass is 726 g/mol. The van der Waals surface area contributed by atoms with Crippen molar-refractivity contribution in [2.45, 2.75) is 150 Å². The van der Waals surface area contributed by atoms with E-state index in [1.165, 1.54) is 4.90 Å². The summed E-state index contributed by atoms with van der Waals surface area (Å²) < 4.78 is 0. The van der Waals surface area contributed by atoms with Crippen LogP contribution in [0.25, 0.3) is 0 Å². The number of imide groups is 1. The first-order valence-electron chi connectivity index (χ1n) is 19.5. The Hall–Kier alpha value is -3.51. The van der Waals surface area contributed by atoms with E-state index in [1.807, 2.05) is 34.6 Å². The molecule has 1 unspecified atom stereocenters. The Bertz CT molecular complexity index is 1420. The number of hydrogen-bond donors (Lipinski definition) is 4. The van der Waals surface area contributed by atoms with Gasteiger partial charge >= 0.3 is 6.03 Å². The number of primary amides is 1. The molecule has 2 aliphatic heterocycles. The SMILES string of the molecule is CC1(C)CC(=O)N(C[C@@H](NC(=O)N[C@H](C(=O)N2C[C@H]3[C@H](CCC3(C)C)[C@H]2C(=O)NC(CC2CC2)C(=O)C(N)=O)C2CCCCC2)C(C)(C)C)C(=O)C1. The summed E-state index contributed by atoms with van der Waals surface area (Å²) in [6.07, 6.45) is 8.62. The maximum atomic E-state index is 14.9. The van der Waals surface area contributed by atoms with Gasteiger partial charge in [-0.2, -0.15) is 0 Å². The number of ketones is 1. The van der Waals surface area contributed by atoms with Gasteiger partial charge in [0.1, 0.15) is 12.1 Å². The number of nitrogens with zero attached hydrogens (tertiary/aromatic N) is 2. The fraction of sp³-hybridized carbons (Fsp3) is 0.821. The van der Waals surface area contributed by atoms with Gasteiger partial charge in [0.15, 0.2) is 0 Å². The van der Waals surface area contributed by atoms with Crippen molar-refractivity contribution in [2.75, 3.05) is 13.1 Å². The minimum atomic E-state index is -1.09. The Morgan fingerprint density at radius 2 is 1.48 bits per heavy atom. The number of urea groups is 1. The first-order chi connectivity index (χ1) is 24.2. The summed E-state index contributed by atoms with van der Waals surface area (Å²) in [7, 11) is 0. The second-order valence-electron chi connectivity index (χ2n) is 19.0. The summed E-state index contributed by atoms with van der Waals surface area (Å²) in [5.74, 6) is -3.26. The van der Waals surface area contributed by atoms with E-state index in [-0.39, 0.29) is 66.2 Å². The second-order valence-corrected chi connectivity index (χ2v) is 19.0. The molecule has 0 radical (unpaired) electrons. The summed E-state index contributed by atoms with van der Waals surface area (Å²) >= 11 is 0. The van der Waals surface area contributed by atoms with Gasteiger partial charge in [-0.3, -0.25) is 33.7 Å². The van der Waals surface area contributed by atoms with Gasteiger partial charge in [0.25, 0.3) is 5.91 Å². The fourth-order valence-corrected chi connectivity index (χ4v) is 9.23. The van der Waals surface area contributed by atoms with Crippen LogP contribution in [0.15, 0.2) is 0 Å². The number of carbonyl (C=O) groups is 7. The summed E-state index contributed by atoms with van der Waals surface area (Å²) in [6.45, 7) is 14.3. The zero-order valence-electron chi connectivity index (χ0n) is 32.3. The molecule has 7 amide bonds. The molecule has 5 N–H and O–H groups in total. The lowest BCUT2D eigenvalue weighted by Crippen LogP contribution is -2.62. The van der Waals surface area contributed by atoms with E-state index >= 15 is 0 Å². The predicted octanol–water partition coefficient (Wildman–Crippen LogP) is 3.43. The predicted molar refractivity (Wildman–Crippen MR) is 194 cm³/mol. The standard InChI is InChI=1S/C39H62N6O7/c1-37(2,3)27(21-44-28(46)18-38(4,5)19-29(44)47)42-36(52)43-30(23-11-9-8-10-12-23)35(51)45-20-25-24(15-16-39(25,6)7)31(45)34(50)41-26(17-22-13-14-22)32(48)33(40)49/h22-27,30-31H,8-21H2,1-7H3,(H2,40,49)(H,41,50)(H2,42,43,52)/t24-,25-,26?,27+,30-,31-/m0/s1. The molecule has 0 spiro atoms. The van der Waals surface area contributed by atoms with Crippen LogP contribution >= 0.6 is 0 Å². The molecule has 0 bridgehead atoms. The Kier molecular flexibility index (Phi) is 11.5. The molecule has 290 valence electrons. The van der Waals surface area contributed by atoms with E-state index < -0.39 is 58.6 Å². The van der Waals surface area contributed by atoms with Gasteiger partial charge < -0.3 is 26.6 Å². The quantitative estimate of drug-likeness (QED) is 0.175. The molecule has 52 heavy (non-hydrogen) atoms. The zero-order chi connectivity index (χ0) is 38.3. The highest BCUT2D eigenvalue weighted by Gasteiger charge is 2.57. The maximum Gasteiger partial charge on any atom is 0.315 e. The number of rotatable bonds is 12. The second kappa shape index (κ2) is 15.1. The number of piperidine rings is 1. The Morgan fingerprint density at radius 1 is 0.865 bits per heavy atom. The van der Waals surface area contributed by atoms with Crippen LogP contribution in [-0.4, -0.2) is 88.4 Å². The molecule has 3 aliphatic carbocycles. The van der Waals surface area contributed by atoms with Gasteiger partial charge in [0, 0.05) is 25.9 Å². The van der Waals surface area contributed by atoms with Crippen LogP contribution in [0.4, 0.5) is 4.79 Å². The van der Waals surface area contributed by atoms with Crippen LogP contribution in [0.5, 0.6) is 0 Å². The van der Waals surface area contributed by atoms with Gasteiger partial charge in [-0.05, 0) is 72.0 Å². The van der Waals surface area contributed by atoms with Crippen molar-refractivity contribution in [2.24, 2.45) is 45.7 Å². The highest BCUT2D eigenvalue weighted by Crippen LogP contribution is 2.53. The number of Topliss-reactive ketones (excluding diaryl/α,β-unsaturated/α-hetero) is 1. The lowest BCUT2D eigenvalue weighted by atomic mass is 9.79. The third-order valence-corrected chi connectivity index (χ3v) is 12.7. The fourth-order valence-electron chi connectivity index (χ4n) is 9.23. The molecule has 0 aromatic carbocycles. The molecule has 5 aliphatic rings. The maximum absolute atomic E-state index is 14.9. The highest BCUT2D eigenvalue weighted by molar-refractivity contribution is 6.37. The molecule has 0 aromatic rings. The normalized spacial score (nSPS) is 27.7. The van der Waals surface area contributed by atoms with Crippen molar-refractivity contribution in [3.05, 3.63) is 0 Å². The van der Waals surface area contributed by atoms with Crippen molar-refractivity contribution < 1.29 is 33.6 Å². The van der Waals surface area contributed by atoms with Gasteiger partial charge in [0.2, 0.25) is 29.4 Å². The van der Waals surface area contributed by atoms with Crippen LogP contribution in [0, 0.1) is 39.9 Å². The highest BCUT2D eigenvalue weighted by atomic mass is 16.2. The minimum absolute atomic E-state index is 0.0194. The summed E-state index contributed by atoms with van der Waals surface area (Å²) in [6, 6.07) is -3.98. The van der Waals surface area contributed by atoms with Crippen LogP contribution in [0.1, 0.15) is 126 Å². The number of likely N-dealkylation sites (tertiary alicyclic amines) is 2. The number of nitrogens with two attached hydrogens (primary N) is 1. The molecule has 6 atom stereocenters. The van der Waals surface area contributed by atoms with E-state index in [0.29, 0.717) is 13.0 Å². The zero-order valence-corrected chi connectivity index (χ0v) is 32.3. The van der Waals surface area contributed by atoms with Crippen LogP contribution in [-0.2, 0) is 28.8 Å². The van der Waals surface area contributed by atoms with Crippen molar-refractivity contribution in [1.82, 2.24) is 25.8 Å². The summed E-state index contributed by atoms with van der Waals surface area (Å²) in [4.78, 5) is 96.8. The van der Waals surface area contributed by atoms with E-state index in [2.05, 4.69) is 29.8 Å². The van der Waals surface area contributed by atoms with E-state index in [4.69, 9.17) is 5.73 Å². The van der Waals surface area contributed by atoms with Crippen LogP contribution in [0.2, 0.25) is 0 Å². The van der Waals surface area contributed by atoms with Crippen LogP contribution < -0.4 is 21.7 Å². The Balaban J connectivity index is 1.38. The van der Waals surface area contributed by atoms with Crippen molar-refractivity contribution in [1.29, 1.82) is 0 Å². The van der Waals surface area contributed by atoms with E-state index in [9.17, 15) is 33.6 Å². The first-order valence-corrected chi connectivity index (χ1v) is 19.5. The third kappa shape index (κ3) is 8.98. The lowest BCUT2D eigenvalue weighted by Gasteiger charge is -2.40.